The van der Waals surface area contributed by atoms with E-state index in [2.05, 4.69) is 42.0 Å². The van der Waals surface area contributed by atoms with Gasteiger partial charge in [-0.25, -0.2) is 0 Å². The van der Waals surface area contributed by atoms with Crippen LogP contribution in [0.5, 0.6) is 0 Å². The van der Waals surface area contributed by atoms with Gasteiger partial charge in [0.05, 0.1) is 6.54 Å². The third-order valence-electron chi connectivity index (χ3n) is 3.57. The quantitative estimate of drug-likeness (QED) is 0.777. The van der Waals surface area contributed by atoms with E-state index in [0.29, 0.717) is 6.54 Å². The lowest BCUT2D eigenvalue weighted by molar-refractivity contribution is 0.686. The molecule has 1 fully saturated rings. The molecule has 0 amide bonds. The van der Waals surface area contributed by atoms with E-state index < -0.39 is 0 Å². The van der Waals surface area contributed by atoms with Crippen LogP contribution in [0.4, 0.5) is 5.69 Å². The molecule has 0 saturated heterocycles. The van der Waals surface area contributed by atoms with Gasteiger partial charge in [0.25, 0.3) is 0 Å². The lowest BCUT2D eigenvalue weighted by atomic mass is 10.0. The molecule has 18 heavy (non-hydrogen) atoms. The standard InChI is InChI=1S/C16H22N2/c1-3-11-18(12-13-9-10-13)16-8-6-5-7-14(16)15(17)4-2/h1,5-8,13,15H,4,9-12,17H2,2H3/t15-/m0/s1. The Labute approximate surface area is 110 Å². The molecule has 0 unspecified atom stereocenters. The molecule has 1 aliphatic rings. The van der Waals surface area contributed by atoms with Crippen LogP contribution < -0.4 is 10.6 Å². The molecule has 1 aromatic rings. The van der Waals surface area contributed by atoms with Crippen molar-refractivity contribution < 1.29 is 0 Å². The van der Waals surface area contributed by atoms with Crippen LogP contribution in [-0.4, -0.2) is 13.1 Å². The number of anilines is 1. The summed E-state index contributed by atoms with van der Waals surface area (Å²) in [4.78, 5) is 2.31. The maximum absolute atomic E-state index is 6.20. The minimum absolute atomic E-state index is 0.0978. The summed E-state index contributed by atoms with van der Waals surface area (Å²) < 4.78 is 0. The van der Waals surface area contributed by atoms with E-state index in [1.165, 1.54) is 24.1 Å². The maximum atomic E-state index is 6.20. The summed E-state index contributed by atoms with van der Waals surface area (Å²) in [7, 11) is 0. The molecule has 0 bridgehead atoms. The first-order chi connectivity index (χ1) is 8.76. The first-order valence-corrected chi connectivity index (χ1v) is 6.79. The van der Waals surface area contributed by atoms with Gasteiger partial charge in [0.2, 0.25) is 0 Å². The van der Waals surface area contributed by atoms with Crippen LogP contribution in [0.3, 0.4) is 0 Å². The van der Waals surface area contributed by atoms with Crippen LogP contribution in [0, 0.1) is 18.3 Å². The average molecular weight is 242 g/mol. The Morgan fingerprint density at radius 1 is 1.44 bits per heavy atom. The van der Waals surface area contributed by atoms with Crippen molar-refractivity contribution in [1.29, 1.82) is 0 Å². The Balaban J connectivity index is 2.24. The van der Waals surface area contributed by atoms with E-state index in [0.717, 1.165) is 18.9 Å². The summed E-state index contributed by atoms with van der Waals surface area (Å²) in [6.07, 6.45) is 9.12. The van der Waals surface area contributed by atoms with Crippen molar-refractivity contribution in [3.63, 3.8) is 0 Å². The highest BCUT2D eigenvalue weighted by Crippen LogP contribution is 2.33. The zero-order valence-electron chi connectivity index (χ0n) is 11.1. The van der Waals surface area contributed by atoms with Gasteiger partial charge in [-0.15, -0.1) is 6.42 Å². The molecule has 2 nitrogen and oxygen atoms in total. The number of nitrogens with zero attached hydrogens (tertiary/aromatic N) is 1. The Kier molecular flexibility index (Phi) is 4.28. The van der Waals surface area contributed by atoms with E-state index in [4.69, 9.17) is 12.2 Å². The van der Waals surface area contributed by atoms with Crippen molar-refractivity contribution in [3.8, 4) is 12.3 Å². The summed E-state index contributed by atoms with van der Waals surface area (Å²) in [5.74, 6) is 3.59. The topological polar surface area (TPSA) is 29.3 Å². The van der Waals surface area contributed by atoms with Crippen molar-refractivity contribution >= 4 is 5.69 Å². The van der Waals surface area contributed by atoms with E-state index in [1.54, 1.807) is 0 Å². The van der Waals surface area contributed by atoms with E-state index in [-0.39, 0.29) is 6.04 Å². The lowest BCUT2D eigenvalue weighted by Crippen LogP contribution is -2.28. The number of hydrogen-bond acceptors (Lipinski definition) is 2. The van der Waals surface area contributed by atoms with Crippen LogP contribution >= 0.6 is 0 Å². The van der Waals surface area contributed by atoms with Gasteiger partial charge >= 0.3 is 0 Å². The average Bonchev–Trinajstić information content (AvgIpc) is 3.21. The minimum atomic E-state index is 0.0978. The van der Waals surface area contributed by atoms with Crippen LogP contribution in [0.1, 0.15) is 37.8 Å². The molecular weight excluding hydrogens is 220 g/mol. The molecule has 0 aromatic heterocycles. The van der Waals surface area contributed by atoms with Gasteiger partial charge in [-0.05, 0) is 36.8 Å². The predicted octanol–water partition coefficient (Wildman–Crippen LogP) is 2.95. The molecule has 96 valence electrons. The highest BCUT2D eigenvalue weighted by atomic mass is 15.1. The zero-order chi connectivity index (χ0) is 13.0. The second-order valence-electron chi connectivity index (χ2n) is 5.10. The van der Waals surface area contributed by atoms with Gasteiger partial charge in [-0.3, -0.25) is 0 Å². The fraction of sp³-hybridized carbons (Fsp3) is 0.500. The molecule has 0 aliphatic heterocycles. The smallest absolute Gasteiger partial charge is 0.0791 e. The number of para-hydroxylation sites is 1. The molecule has 2 heteroatoms. The summed E-state index contributed by atoms with van der Waals surface area (Å²) in [6.45, 7) is 3.86. The third-order valence-corrected chi connectivity index (χ3v) is 3.57. The minimum Gasteiger partial charge on any atom is -0.360 e. The van der Waals surface area contributed by atoms with Gasteiger partial charge < -0.3 is 10.6 Å². The Morgan fingerprint density at radius 3 is 2.78 bits per heavy atom. The van der Waals surface area contributed by atoms with Gasteiger partial charge in [-0.1, -0.05) is 31.0 Å². The molecule has 2 N–H and O–H groups in total. The molecule has 1 atom stereocenters. The highest BCUT2D eigenvalue weighted by molar-refractivity contribution is 5.56. The van der Waals surface area contributed by atoms with Crippen molar-refractivity contribution in [2.75, 3.05) is 18.0 Å². The number of terminal acetylenes is 1. The number of rotatable bonds is 6. The predicted molar refractivity (Wildman–Crippen MR) is 77.4 cm³/mol. The maximum Gasteiger partial charge on any atom is 0.0791 e. The molecule has 0 radical (unpaired) electrons. The number of benzene rings is 1. The van der Waals surface area contributed by atoms with E-state index in [9.17, 15) is 0 Å². The van der Waals surface area contributed by atoms with Crippen LogP contribution in [-0.2, 0) is 0 Å². The normalized spacial score (nSPS) is 16.1. The fourth-order valence-electron chi connectivity index (χ4n) is 2.28. The van der Waals surface area contributed by atoms with Crippen molar-refractivity contribution in [3.05, 3.63) is 29.8 Å². The first-order valence-electron chi connectivity index (χ1n) is 6.79. The Bertz CT molecular complexity index is 429. The number of nitrogens with two attached hydrogens (primary N) is 1. The van der Waals surface area contributed by atoms with Crippen molar-refractivity contribution in [2.45, 2.75) is 32.2 Å². The Hall–Kier alpha value is -1.46. The molecular formula is C16H22N2. The molecule has 1 saturated carbocycles. The third kappa shape index (κ3) is 3.05. The summed E-state index contributed by atoms with van der Waals surface area (Å²) >= 11 is 0. The molecule has 0 spiro atoms. The van der Waals surface area contributed by atoms with E-state index >= 15 is 0 Å². The Morgan fingerprint density at radius 2 is 2.17 bits per heavy atom. The van der Waals surface area contributed by atoms with E-state index in [1.807, 2.05) is 0 Å². The van der Waals surface area contributed by atoms with Crippen molar-refractivity contribution in [2.24, 2.45) is 11.7 Å². The lowest BCUT2D eigenvalue weighted by Gasteiger charge is -2.27. The number of hydrogen-bond donors (Lipinski definition) is 1. The summed E-state index contributed by atoms with van der Waals surface area (Å²) in [5.41, 5.74) is 8.63. The largest absolute Gasteiger partial charge is 0.360 e. The monoisotopic (exact) mass is 242 g/mol. The van der Waals surface area contributed by atoms with Crippen LogP contribution in [0.15, 0.2) is 24.3 Å². The van der Waals surface area contributed by atoms with Crippen molar-refractivity contribution in [1.82, 2.24) is 0 Å². The van der Waals surface area contributed by atoms with Gasteiger partial charge in [0, 0.05) is 18.3 Å². The van der Waals surface area contributed by atoms with Crippen LogP contribution in [0.25, 0.3) is 0 Å². The summed E-state index contributed by atoms with van der Waals surface area (Å²) in [6, 6.07) is 8.49. The fourth-order valence-corrected chi connectivity index (χ4v) is 2.28. The SMILES string of the molecule is C#CCN(CC1CC1)c1ccccc1[C@@H](N)CC. The molecule has 0 heterocycles. The zero-order valence-corrected chi connectivity index (χ0v) is 11.1. The molecule has 1 aliphatic carbocycles. The molecule has 2 rings (SSSR count). The second kappa shape index (κ2) is 5.93. The second-order valence-corrected chi connectivity index (χ2v) is 5.10. The van der Waals surface area contributed by atoms with Crippen LogP contribution in [0.2, 0.25) is 0 Å². The first kappa shape index (κ1) is 13.0. The molecule has 1 aromatic carbocycles. The summed E-state index contributed by atoms with van der Waals surface area (Å²) in [5, 5.41) is 0. The highest BCUT2D eigenvalue weighted by Gasteiger charge is 2.25. The van der Waals surface area contributed by atoms with Gasteiger partial charge in [0.15, 0.2) is 0 Å². The van der Waals surface area contributed by atoms with Gasteiger partial charge in [-0.2, -0.15) is 0 Å². The van der Waals surface area contributed by atoms with Gasteiger partial charge in [0.1, 0.15) is 0 Å².